The molecule has 0 bridgehead atoms. The molecule has 0 spiro atoms. The minimum Gasteiger partial charge on any atom is -0.304 e. The molecule has 0 fully saturated rings. The molecule has 2 rings (SSSR count). The zero-order valence-electron chi connectivity index (χ0n) is 9.47. The average molecular weight is 293 g/mol. The monoisotopic (exact) mass is 292 g/mol. The van der Waals surface area contributed by atoms with Crippen molar-refractivity contribution in [3.63, 3.8) is 0 Å². The molecule has 1 unspecified atom stereocenters. The van der Waals surface area contributed by atoms with E-state index in [2.05, 4.69) is 43.1 Å². The van der Waals surface area contributed by atoms with Crippen LogP contribution in [0.3, 0.4) is 0 Å². The molecule has 0 saturated carbocycles. The summed E-state index contributed by atoms with van der Waals surface area (Å²) in [4.78, 5) is 12.8. The summed E-state index contributed by atoms with van der Waals surface area (Å²) >= 11 is 3.51. The summed E-state index contributed by atoms with van der Waals surface area (Å²) in [5.74, 6) is 0. The van der Waals surface area contributed by atoms with Crippen LogP contribution < -0.4 is 5.32 Å². The summed E-state index contributed by atoms with van der Waals surface area (Å²) in [6, 6.07) is 3.83. The van der Waals surface area contributed by atoms with E-state index in [0.717, 1.165) is 22.4 Å². The molecule has 1 N–H and O–H groups in total. The van der Waals surface area contributed by atoms with Crippen LogP contribution in [-0.2, 0) is 0 Å². The topological polar surface area (TPSA) is 50.7 Å². The Kier molecular flexibility index (Phi) is 4.17. The van der Waals surface area contributed by atoms with Gasteiger partial charge in [-0.25, -0.2) is 0 Å². The number of pyridine rings is 1. The Hall–Kier alpha value is -1.33. The molecule has 5 heteroatoms. The molecule has 0 amide bonds. The summed E-state index contributed by atoms with van der Waals surface area (Å²) in [6.07, 6.45) is 6.89. The lowest BCUT2D eigenvalue weighted by atomic mass is 10.1. The molecule has 17 heavy (non-hydrogen) atoms. The summed E-state index contributed by atoms with van der Waals surface area (Å²) in [6.45, 7) is 2.89. The number of halogens is 1. The van der Waals surface area contributed by atoms with Gasteiger partial charge in [-0.1, -0.05) is 6.92 Å². The molecule has 0 aromatic carbocycles. The highest BCUT2D eigenvalue weighted by atomic mass is 79.9. The van der Waals surface area contributed by atoms with E-state index in [1.807, 2.05) is 12.1 Å². The smallest absolute Gasteiger partial charge is 0.0952 e. The highest BCUT2D eigenvalue weighted by Gasteiger charge is 2.18. The van der Waals surface area contributed by atoms with Gasteiger partial charge in [-0.3, -0.25) is 15.0 Å². The van der Waals surface area contributed by atoms with Crippen molar-refractivity contribution in [3.8, 4) is 0 Å². The average Bonchev–Trinajstić information content (AvgIpc) is 2.38. The molecule has 2 aromatic heterocycles. The van der Waals surface area contributed by atoms with Crippen LogP contribution in [0.25, 0.3) is 0 Å². The van der Waals surface area contributed by atoms with Crippen molar-refractivity contribution >= 4 is 15.9 Å². The minimum absolute atomic E-state index is 0.0377. The Morgan fingerprint density at radius 3 is 2.82 bits per heavy atom. The predicted octanol–water partition coefficient (Wildman–Crippen LogP) is 2.33. The molecule has 0 radical (unpaired) electrons. The van der Waals surface area contributed by atoms with E-state index in [4.69, 9.17) is 0 Å². The van der Waals surface area contributed by atoms with Crippen LogP contribution >= 0.6 is 15.9 Å². The highest BCUT2D eigenvalue weighted by molar-refractivity contribution is 9.10. The Labute approximate surface area is 109 Å². The van der Waals surface area contributed by atoms with Gasteiger partial charge in [0, 0.05) is 23.1 Å². The molecule has 88 valence electrons. The van der Waals surface area contributed by atoms with Gasteiger partial charge < -0.3 is 5.32 Å². The number of hydrogen-bond donors (Lipinski definition) is 1. The molecular weight excluding hydrogens is 280 g/mol. The van der Waals surface area contributed by atoms with Crippen LogP contribution in [0.4, 0.5) is 0 Å². The summed E-state index contributed by atoms with van der Waals surface area (Å²) in [5.41, 5.74) is 1.80. The Morgan fingerprint density at radius 1 is 1.29 bits per heavy atom. The van der Waals surface area contributed by atoms with E-state index in [0.29, 0.717) is 0 Å². The molecular formula is C12H13BrN4. The molecule has 0 saturated heterocycles. The van der Waals surface area contributed by atoms with Gasteiger partial charge in [0.2, 0.25) is 0 Å². The van der Waals surface area contributed by atoms with Crippen LogP contribution in [0.15, 0.2) is 41.4 Å². The number of rotatable bonds is 4. The first-order valence-corrected chi connectivity index (χ1v) is 6.22. The summed E-state index contributed by atoms with van der Waals surface area (Å²) in [7, 11) is 0. The van der Waals surface area contributed by atoms with Gasteiger partial charge in [0.25, 0.3) is 0 Å². The number of nitrogens with one attached hydrogen (secondary N) is 1. The van der Waals surface area contributed by atoms with Gasteiger partial charge in [0.1, 0.15) is 0 Å². The highest BCUT2D eigenvalue weighted by Crippen LogP contribution is 2.24. The quantitative estimate of drug-likeness (QED) is 0.940. The van der Waals surface area contributed by atoms with Gasteiger partial charge >= 0.3 is 0 Å². The molecule has 0 aliphatic heterocycles. The van der Waals surface area contributed by atoms with Crippen LogP contribution in [-0.4, -0.2) is 21.5 Å². The number of aromatic nitrogens is 3. The second-order valence-electron chi connectivity index (χ2n) is 3.49. The maximum atomic E-state index is 4.40. The first-order chi connectivity index (χ1) is 8.33. The van der Waals surface area contributed by atoms with Crippen LogP contribution in [0, 0.1) is 0 Å². The number of nitrogens with zero attached hydrogens (tertiary/aromatic N) is 3. The van der Waals surface area contributed by atoms with Crippen LogP contribution in [0.1, 0.15) is 24.4 Å². The molecule has 1 atom stereocenters. The van der Waals surface area contributed by atoms with E-state index in [-0.39, 0.29) is 6.04 Å². The molecule has 4 nitrogen and oxygen atoms in total. The van der Waals surface area contributed by atoms with E-state index in [1.54, 1.807) is 24.8 Å². The van der Waals surface area contributed by atoms with Gasteiger partial charge in [-0.15, -0.1) is 0 Å². The Balaban J connectivity index is 2.39. The summed E-state index contributed by atoms with van der Waals surface area (Å²) < 4.78 is 0.969. The maximum Gasteiger partial charge on any atom is 0.0952 e. The first kappa shape index (κ1) is 12.1. The Morgan fingerprint density at radius 2 is 2.18 bits per heavy atom. The molecule has 2 aromatic rings. The second kappa shape index (κ2) is 5.84. The van der Waals surface area contributed by atoms with Gasteiger partial charge in [-0.05, 0) is 34.6 Å². The molecule has 2 heterocycles. The SMILES string of the molecule is CCNC(c1cnccn1)c1ncccc1Br. The van der Waals surface area contributed by atoms with Crippen molar-refractivity contribution in [2.75, 3.05) is 6.54 Å². The molecule has 0 aliphatic rings. The van der Waals surface area contributed by atoms with Gasteiger partial charge in [0.15, 0.2) is 0 Å². The normalized spacial score (nSPS) is 12.4. The second-order valence-corrected chi connectivity index (χ2v) is 4.35. The number of hydrogen-bond acceptors (Lipinski definition) is 4. The fourth-order valence-electron chi connectivity index (χ4n) is 1.62. The third-order valence-corrected chi connectivity index (χ3v) is 3.02. The van der Waals surface area contributed by atoms with E-state index in [1.165, 1.54) is 0 Å². The Bertz CT molecular complexity index is 475. The third kappa shape index (κ3) is 2.87. The fraction of sp³-hybridized carbons (Fsp3) is 0.250. The zero-order chi connectivity index (χ0) is 12.1. The van der Waals surface area contributed by atoms with Crippen molar-refractivity contribution in [1.29, 1.82) is 0 Å². The first-order valence-electron chi connectivity index (χ1n) is 5.42. The van der Waals surface area contributed by atoms with Crippen molar-refractivity contribution in [1.82, 2.24) is 20.3 Å². The third-order valence-electron chi connectivity index (χ3n) is 2.35. The lowest BCUT2D eigenvalue weighted by Crippen LogP contribution is -2.24. The van der Waals surface area contributed by atoms with Crippen molar-refractivity contribution in [3.05, 3.63) is 52.8 Å². The maximum absolute atomic E-state index is 4.40. The van der Waals surface area contributed by atoms with E-state index in [9.17, 15) is 0 Å². The largest absolute Gasteiger partial charge is 0.304 e. The van der Waals surface area contributed by atoms with E-state index >= 15 is 0 Å². The zero-order valence-corrected chi connectivity index (χ0v) is 11.1. The van der Waals surface area contributed by atoms with Crippen molar-refractivity contribution < 1.29 is 0 Å². The van der Waals surface area contributed by atoms with E-state index < -0.39 is 0 Å². The summed E-state index contributed by atoms with van der Waals surface area (Å²) in [5, 5.41) is 3.36. The van der Waals surface area contributed by atoms with Crippen LogP contribution in [0.2, 0.25) is 0 Å². The van der Waals surface area contributed by atoms with Gasteiger partial charge in [-0.2, -0.15) is 0 Å². The van der Waals surface area contributed by atoms with Gasteiger partial charge in [0.05, 0.1) is 23.6 Å². The lowest BCUT2D eigenvalue weighted by Gasteiger charge is -2.17. The standard InChI is InChI=1S/C12H13BrN4/c1-2-15-12(10-8-14-6-7-16-10)11-9(13)4-3-5-17-11/h3-8,12,15H,2H2,1H3. The predicted molar refractivity (Wildman–Crippen MR) is 69.5 cm³/mol. The fourth-order valence-corrected chi connectivity index (χ4v) is 2.10. The van der Waals surface area contributed by atoms with Crippen LogP contribution in [0.5, 0.6) is 0 Å². The van der Waals surface area contributed by atoms with Crippen molar-refractivity contribution in [2.24, 2.45) is 0 Å². The lowest BCUT2D eigenvalue weighted by molar-refractivity contribution is 0.596. The molecule has 0 aliphatic carbocycles. The minimum atomic E-state index is -0.0377. The van der Waals surface area contributed by atoms with Crippen molar-refractivity contribution in [2.45, 2.75) is 13.0 Å².